The molecule has 1 saturated heterocycles. The number of ether oxygens (including phenoxy) is 1. The summed E-state index contributed by atoms with van der Waals surface area (Å²) in [6.45, 7) is 3.43. The Morgan fingerprint density at radius 2 is 1.90 bits per heavy atom. The molecule has 1 atom stereocenters. The highest BCUT2D eigenvalue weighted by Gasteiger charge is 2.23. The largest absolute Gasteiger partial charge is 0.468 e. The summed E-state index contributed by atoms with van der Waals surface area (Å²) < 4.78 is 4.73. The zero-order chi connectivity index (χ0) is 14.5. The fourth-order valence-electron chi connectivity index (χ4n) is 2.24. The Kier molecular flexibility index (Phi) is 5.06. The molecule has 20 heavy (non-hydrogen) atoms. The summed E-state index contributed by atoms with van der Waals surface area (Å²) in [6, 6.07) is 7.45. The minimum atomic E-state index is -0.326. The second-order valence-corrected chi connectivity index (χ2v) is 6.16. The Hall–Kier alpha value is -1.49. The van der Waals surface area contributed by atoms with Gasteiger partial charge >= 0.3 is 5.97 Å². The van der Waals surface area contributed by atoms with Crippen molar-refractivity contribution >= 4 is 23.6 Å². The van der Waals surface area contributed by atoms with E-state index in [2.05, 4.69) is 0 Å². The molecule has 0 aliphatic carbocycles. The number of thioether (sulfide) groups is 1. The third-order valence-corrected chi connectivity index (χ3v) is 4.50. The van der Waals surface area contributed by atoms with Crippen LogP contribution in [0.15, 0.2) is 29.2 Å². The van der Waals surface area contributed by atoms with Crippen molar-refractivity contribution in [1.82, 2.24) is 4.90 Å². The van der Waals surface area contributed by atoms with Crippen LogP contribution in [0.25, 0.3) is 0 Å². The third-order valence-electron chi connectivity index (χ3n) is 3.35. The fourth-order valence-corrected chi connectivity index (χ4v) is 3.25. The highest BCUT2D eigenvalue weighted by Crippen LogP contribution is 2.29. The number of rotatable bonds is 4. The predicted molar refractivity (Wildman–Crippen MR) is 78.9 cm³/mol. The molecule has 0 bridgehead atoms. The number of carbonyl (C=O) groups is 2. The Morgan fingerprint density at radius 1 is 1.25 bits per heavy atom. The third kappa shape index (κ3) is 3.33. The molecule has 1 aliphatic rings. The number of methoxy groups -OCH3 is 1. The van der Waals surface area contributed by atoms with E-state index < -0.39 is 0 Å². The van der Waals surface area contributed by atoms with Crippen molar-refractivity contribution in [3.8, 4) is 0 Å². The summed E-state index contributed by atoms with van der Waals surface area (Å²) >= 11 is 1.37. The van der Waals surface area contributed by atoms with Crippen LogP contribution in [0.4, 0.5) is 0 Å². The Bertz CT molecular complexity index is 498. The smallest absolute Gasteiger partial charge is 0.318 e. The molecular formula is C15H19NO3S. The van der Waals surface area contributed by atoms with Gasteiger partial charge in [0, 0.05) is 18.0 Å². The summed E-state index contributed by atoms with van der Waals surface area (Å²) in [7, 11) is 1.38. The van der Waals surface area contributed by atoms with Crippen LogP contribution < -0.4 is 0 Å². The quantitative estimate of drug-likeness (QED) is 0.632. The van der Waals surface area contributed by atoms with Crippen LogP contribution in [-0.2, 0) is 9.53 Å². The van der Waals surface area contributed by atoms with Gasteiger partial charge in [-0.3, -0.25) is 9.59 Å². The predicted octanol–water partition coefficient (Wildman–Crippen LogP) is 2.58. The van der Waals surface area contributed by atoms with Crippen LogP contribution in [0.2, 0.25) is 0 Å². The van der Waals surface area contributed by atoms with Crippen molar-refractivity contribution in [2.45, 2.75) is 29.9 Å². The topological polar surface area (TPSA) is 46.6 Å². The highest BCUT2D eigenvalue weighted by molar-refractivity contribution is 8.00. The molecule has 1 aromatic carbocycles. The first kappa shape index (κ1) is 14.9. The first-order valence-corrected chi connectivity index (χ1v) is 7.64. The maximum absolute atomic E-state index is 12.5. The Morgan fingerprint density at radius 3 is 2.55 bits per heavy atom. The molecule has 0 radical (unpaired) electrons. The lowest BCUT2D eigenvalue weighted by Gasteiger charge is -2.18. The van der Waals surface area contributed by atoms with Crippen LogP contribution >= 0.6 is 11.8 Å². The zero-order valence-electron chi connectivity index (χ0n) is 11.8. The lowest BCUT2D eigenvalue weighted by molar-refractivity contribution is -0.139. The number of benzene rings is 1. The number of nitrogens with zero attached hydrogens (tertiary/aromatic N) is 1. The van der Waals surface area contributed by atoms with Crippen molar-refractivity contribution in [3.63, 3.8) is 0 Å². The zero-order valence-corrected chi connectivity index (χ0v) is 12.6. The van der Waals surface area contributed by atoms with E-state index in [0.717, 1.165) is 30.8 Å². The number of likely N-dealkylation sites (tertiary alicyclic amines) is 1. The van der Waals surface area contributed by atoms with Crippen LogP contribution in [0.5, 0.6) is 0 Å². The number of carbonyl (C=O) groups excluding carboxylic acids is 2. The van der Waals surface area contributed by atoms with Crippen molar-refractivity contribution in [3.05, 3.63) is 29.8 Å². The lowest BCUT2D eigenvalue weighted by Crippen LogP contribution is -2.28. The van der Waals surface area contributed by atoms with E-state index in [1.165, 1.54) is 18.9 Å². The highest BCUT2D eigenvalue weighted by atomic mass is 32.2. The standard InChI is InChI=1S/C15H19NO3S/c1-11(15(18)19-2)20-13-8-4-3-7-12(13)14(17)16-9-5-6-10-16/h3-4,7-8,11H,5-6,9-10H2,1-2H3/t11-/m1/s1. The molecule has 0 saturated carbocycles. The average molecular weight is 293 g/mol. The summed E-state index contributed by atoms with van der Waals surface area (Å²) in [6.07, 6.45) is 2.14. The summed E-state index contributed by atoms with van der Waals surface area (Å²) in [5.74, 6) is -0.221. The number of amides is 1. The van der Waals surface area contributed by atoms with Gasteiger partial charge in [-0.25, -0.2) is 0 Å². The van der Waals surface area contributed by atoms with Crippen LogP contribution in [0.1, 0.15) is 30.1 Å². The van der Waals surface area contributed by atoms with Gasteiger partial charge in [0.2, 0.25) is 0 Å². The molecule has 0 unspecified atom stereocenters. The van der Waals surface area contributed by atoms with Gasteiger partial charge in [-0.2, -0.15) is 0 Å². The minimum absolute atomic E-state index is 0.0580. The number of hydrogen-bond acceptors (Lipinski definition) is 4. The maximum atomic E-state index is 12.5. The van der Waals surface area contributed by atoms with Gasteiger partial charge in [-0.1, -0.05) is 12.1 Å². The van der Waals surface area contributed by atoms with E-state index in [-0.39, 0.29) is 17.1 Å². The number of hydrogen-bond donors (Lipinski definition) is 0. The van der Waals surface area contributed by atoms with E-state index in [1.54, 1.807) is 6.92 Å². The van der Waals surface area contributed by atoms with E-state index >= 15 is 0 Å². The van der Waals surface area contributed by atoms with Crippen molar-refractivity contribution in [2.24, 2.45) is 0 Å². The molecule has 5 heteroatoms. The van der Waals surface area contributed by atoms with Gasteiger partial charge in [0.05, 0.1) is 12.7 Å². The van der Waals surface area contributed by atoms with Crippen LogP contribution in [0, 0.1) is 0 Å². The first-order valence-electron chi connectivity index (χ1n) is 6.76. The molecule has 2 rings (SSSR count). The summed E-state index contributed by atoms with van der Waals surface area (Å²) in [4.78, 5) is 26.7. The molecule has 4 nitrogen and oxygen atoms in total. The first-order chi connectivity index (χ1) is 9.63. The maximum Gasteiger partial charge on any atom is 0.318 e. The molecule has 1 heterocycles. The van der Waals surface area contributed by atoms with Gasteiger partial charge in [0.15, 0.2) is 0 Å². The second-order valence-electron chi connectivity index (χ2n) is 4.78. The summed E-state index contributed by atoms with van der Waals surface area (Å²) in [5.41, 5.74) is 0.676. The van der Waals surface area contributed by atoms with Gasteiger partial charge in [0.1, 0.15) is 5.25 Å². The second kappa shape index (κ2) is 6.79. The molecular weight excluding hydrogens is 274 g/mol. The summed E-state index contributed by atoms with van der Waals surface area (Å²) in [5, 5.41) is -0.326. The minimum Gasteiger partial charge on any atom is -0.468 e. The monoisotopic (exact) mass is 293 g/mol. The van der Waals surface area contributed by atoms with Crippen LogP contribution in [0.3, 0.4) is 0 Å². The normalized spacial score (nSPS) is 16.0. The van der Waals surface area contributed by atoms with E-state index in [1.807, 2.05) is 29.2 Å². The van der Waals surface area contributed by atoms with Gasteiger partial charge in [0.25, 0.3) is 5.91 Å². The Labute approximate surface area is 123 Å². The van der Waals surface area contributed by atoms with Gasteiger partial charge in [-0.05, 0) is 31.9 Å². The molecule has 0 N–H and O–H groups in total. The van der Waals surface area contributed by atoms with Crippen LogP contribution in [-0.4, -0.2) is 42.2 Å². The van der Waals surface area contributed by atoms with Crippen molar-refractivity contribution < 1.29 is 14.3 Å². The molecule has 1 aliphatic heterocycles. The van der Waals surface area contributed by atoms with Crippen molar-refractivity contribution in [1.29, 1.82) is 0 Å². The molecule has 1 aromatic rings. The fraction of sp³-hybridized carbons (Fsp3) is 0.467. The molecule has 0 aromatic heterocycles. The molecule has 1 fully saturated rings. The lowest BCUT2D eigenvalue weighted by atomic mass is 10.2. The van der Waals surface area contributed by atoms with Gasteiger partial charge < -0.3 is 9.64 Å². The molecule has 1 amide bonds. The van der Waals surface area contributed by atoms with E-state index in [9.17, 15) is 9.59 Å². The SMILES string of the molecule is COC(=O)[C@@H](C)Sc1ccccc1C(=O)N1CCCC1. The van der Waals surface area contributed by atoms with E-state index in [0.29, 0.717) is 5.56 Å². The number of esters is 1. The van der Waals surface area contributed by atoms with Gasteiger partial charge in [-0.15, -0.1) is 11.8 Å². The van der Waals surface area contributed by atoms with E-state index in [4.69, 9.17) is 4.74 Å². The Balaban J connectivity index is 2.17. The van der Waals surface area contributed by atoms with Crippen molar-refractivity contribution in [2.75, 3.05) is 20.2 Å². The average Bonchev–Trinajstić information content (AvgIpc) is 3.00. The molecule has 0 spiro atoms. The molecule has 108 valence electrons.